The monoisotopic (exact) mass is 289 g/mol. The zero-order chi connectivity index (χ0) is 15.0. The van der Waals surface area contributed by atoms with Crippen molar-refractivity contribution in [2.75, 3.05) is 0 Å². The summed E-state index contributed by atoms with van der Waals surface area (Å²) in [6, 6.07) is 5.10. The lowest BCUT2D eigenvalue weighted by molar-refractivity contribution is 0.342. The van der Waals surface area contributed by atoms with E-state index in [1.807, 2.05) is 6.07 Å². The molecular formula is C17H24FN3. The molecule has 4 heteroatoms. The van der Waals surface area contributed by atoms with Crippen LogP contribution in [0, 0.1) is 5.82 Å². The molecule has 1 saturated carbocycles. The van der Waals surface area contributed by atoms with Gasteiger partial charge >= 0.3 is 0 Å². The van der Waals surface area contributed by atoms with Gasteiger partial charge in [0.25, 0.3) is 0 Å². The predicted molar refractivity (Wildman–Crippen MR) is 83.6 cm³/mol. The van der Waals surface area contributed by atoms with E-state index < -0.39 is 0 Å². The maximum Gasteiger partial charge on any atom is 0.130 e. The highest BCUT2D eigenvalue weighted by Gasteiger charge is 2.34. The Morgan fingerprint density at radius 2 is 1.86 bits per heavy atom. The van der Waals surface area contributed by atoms with Gasteiger partial charge in [-0.25, -0.2) is 9.37 Å². The second-order valence-corrected chi connectivity index (χ2v) is 6.60. The van der Waals surface area contributed by atoms with Gasteiger partial charge in [-0.3, -0.25) is 0 Å². The van der Waals surface area contributed by atoms with Crippen LogP contribution >= 0.6 is 0 Å². The number of benzene rings is 1. The number of nitrogens with two attached hydrogens (primary N) is 1. The second-order valence-electron chi connectivity index (χ2n) is 6.60. The zero-order valence-corrected chi connectivity index (χ0v) is 12.9. The minimum Gasteiger partial charge on any atom is -0.324 e. The molecule has 114 valence electrons. The molecule has 2 aromatic rings. The van der Waals surface area contributed by atoms with E-state index in [1.165, 1.54) is 25.0 Å². The number of imidazole rings is 1. The van der Waals surface area contributed by atoms with Crippen LogP contribution in [0.5, 0.6) is 0 Å². The third-order valence-corrected chi connectivity index (χ3v) is 4.61. The maximum absolute atomic E-state index is 13.5. The van der Waals surface area contributed by atoms with Crippen molar-refractivity contribution in [3.05, 3.63) is 29.8 Å². The van der Waals surface area contributed by atoms with E-state index >= 15 is 0 Å². The van der Waals surface area contributed by atoms with E-state index in [4.69, 9.17) is 10.7 Å². The Labute approximate surface area is 125 Å². The second kappa shape index (κ2) is 5.41. The van der Waals surface area contributed by atoms with E-state index in [0.717, 1.165) is 37.0 Å². The fourth-order valence-electron chi connectivity index (χ4n) is 3.53. The molecule has 0 spiro atoms. The number of rotatable bonds is 2. The molecule has 0 amide bonds. The van der Waals surface area contributed by atoms with Crippen LogP contribution in [0.15, 0.2) is 18.2 Å². The fourth-order valence-corrected chi connectivity index (χ4v) is 3.53. The number of nitrogens with zero attached hydrogens (tertiary/aromatic N) is 2. The Morgan fingerprint density at radius 1 is 1.19 bits per heavy atom. The van der Waals surface area contributed by atoms with E-state index in [2.05, 4.69) is 18.4 Å². The topological polar surface area (TPSA) is 43.8 Å². The molecule has 1 heterocycles. The van der Waals surface area contributed by atoms with Gasteiger partial charge < -0.3 is 10.3 Å². The largest absolute Gasteiger partial charge is 0.324 e. The Balaban J connectivity index is 2.18. The molecule has 0 saturated heterocycles. The van der Waals surface area contributed by atoms with Crippen LogP contribution in [0.4, 0.5) is 4.39 Å². The van der Waals surface area contributed by atoms with Crippen molar-refractivity contribution in [3.63, 3.8) is 0 Å². The van der Waals surface area contributed by atoms with Gasteiger partial charge in [0, 0.05) is 12.1 Å². The van der Waals surface area contributed by atoms with Gasteiger partial charge in [-0.15, -0.1) is 0 Å². The smallest absolute Gasteiger partial charge is 0.130 e. The Bertz CT molecular complexity index is 637. The summed E-state index contributed by atoms with van der Waals surface area (Å²) in [6.07, 6.45) is 6.71. The lowest BCUT2D eigenvalue weighted by atomic mass is 9.90. The Hall–Kier alpha value is -1.42. The highest BCUT2D eigenvalue weighted by atomic mass is 19.1. The first-order valence-electron chi connectivity index (χ1n) is 7.98. The van der Waals surface area contributed by atoms with Gasteiger partial charge in [-0.05, 0) is 38.8 Å². The maximum atomic E-state index is 13.5. The Morgan fingerprint density at radius 3 is 2.48 bits per heavy atom. The number of hydrogen-bond donors (Lipinski definition) is 1. The first-order valence-corrected chi connectivity index (χ1v) is 7.98. The molecular weight excluding hydrogens is 265 g/mol. The van der Waals surface area contributed by atoms with Crippen LogP contribution in [0.25, 0.3) is 11.0 Å². The lowest BCUT2D eigenvalue weighted by Gasteiger charge is -2.29. The number of halogens is 1. The van der Waals surface area contributed by atoms with Gasteiger partial charge in [0.2, 0.25) is 0 Å². The average Bonchev–Trinajstić information content (AvgIpc) is 2.68. The molecule has 0 bridgehead atoms. The molecule has 21 heavy (non-hydrogen) atoms. The van der Waals surface area contributed by atoms with Crippen LogP contribution in [-0.2, 0) is 5.54 Å². The third-order valence-electron chi connectivity index (χ3n) is 4.61. The van der Waals surface area contributed by atoms with E-state index in [0.29, 0.717) is 5.52 Å². The van der Waals surface area contributed by atoms with E-state index in [1.54, 1.807) is 0 Å². The van der Waals surface area contributed by atoms with Crippen molar-refractivity contribution in [2.24, 2.45) is 5.73 Å². The number of hydrogen-bond acceptors (Lipinski definition) is 2. The van der Waals surface area contributed by atoms with Gasteiger partial charge in [-0.1, -0.05) is 25.7 Å². The fraction of sp³-hybridized carbons (Fsp3) is 0.588. The van der Waals surface area contributed by atoms with E-state index in [9.17, 15) is 4.39 Å². The van der Waals surface area contributed by atoms with Crippen LogP contribution < -0.4 is 5.73 Å². The van der Waals surface area contributed by atoms with Crippen LogP contribution in [0.3, 0.4) is 0 Å². The molecule has 1 fully saturated rings. The summed E-state index contributed by atoms with van der Waals surface area (Å²) in [5.74, 6) is 0.689. The molecule has 2 N–H and O–H groups in total. The first kappa shape index (κ1) is 14.5. The summed E-state index contributed by atoms with van der Waals surface area (Å²) < 4.78 is 15.7. The van der Waals surface area contributed by atoms with Gasteiger partial charge in [0.05, 0.1) is 16.6 Å². The summed E-state index contributed by atoms with van der Waals surface area (Å²) in [7, 11) is 0. The quantitative estimate of drug-likeness (QED) is 0.839. The molecule has 3 rings (SSSR count). The average molecular weight is 289 g/mol. The van der Waals surface area contributed by atoms with Gasteiger partial charge in [0.15, 0.2) is 0 Å². The Kier molecular flexibility index (Phi) is 3.74. The minimum atomic E-state index is -0.379. The predicted octanol–water partition coefficient (Wildman–Crippen LogP) is 4.26. The molecule has 1 aromatic carbocycles. The number of fused-ring (bicyclic) bond motifs is 1. The molecule has 1 aromatic heterocycles. The van der Waals surface area contributed by atoms with Crippen molar-refractivity contribution in [1.29, 1.82) is 0 Å². The molecule has 0 aliphatic heterocycles. The highest BCUT2D eigenvalue weighted by Crippen LogP contribution is 2.36. The summed E-state index contributed by atoms with van der Waals surface area (Å²) in [5.41, 5.74) is 8.06. The highest BCUT2D eigenvalue weighted by molar-refractivity contribution is 5.76. The van der Waals surface area contributed by atoms with Crippen LogP contribution in [-0.4, -0.2) is 9.55 Å². The zero-order valence-electron chi connectivity index (χ0n) is 12.9. The SMILES string of the molecule is CC(C)n1c(C2(N)CCCCCC2)nc2cc(F)ccc21. The molecule has 0 radical (unpaired) electrons. The molecule has 3 nitrogen and oxygen atoms in total. The summed E-state index contributed by atoms with van der Waals surface area (Å²) >= 11 is 0. The van der Waals surface area contributed by atoms with Crippen molar-refractivity contribution in [3.8, 4) is 0 Å². The lowest BCUT2D eigenvalue weighted by Crippen LogP contribution is -2.39. The normalized spacial score (nSPS) is 19.1. The molecule has 1 aliphatic carbocycles. The summed E-state index contributed by atoms with van der Waals surface area (Å²) in [4.78, 5) is 4.73. The standard InChI is InChI=1S/C17H24FN3/c1-12(2)21-15-8-7-13(18)11-14(15)20-16(21)17(19)9-5-3-4-6-10-17/h7-8,11-12H,3-6,9-10,19H2,1-2H3. The van der Waals surface area contributed by atoms with Crippen molar-refractivity contribution in [2.45, 2.75) is 64.0 Å². The van der Waals surface area contributed by atoms with Crippen LogP contribution in [0.1, 0.15) is 64.2 Å². The molecule has 1 aliphatic rings. The first-order chi connectivity index (χ1) is 10.0. The van der Waals surface area contributed by atoms with Gasteiger partial charge in [-0.2, -0.15) is 0 Å². The van der Waals surface area contributed by atoms with Crippen molar-refractivity contribution < 1.29 is 4.39 Å². The summed E-state index contributed by atoms with van der Waals surface area (Å²) in [5, 5.41) is 0. The molecule has 0 atom stereocenters. The molecule has 0 unspecified atom stereocenters. The number of aromatic nitrogens is 2. The summed E-state index contributed by atoms with van der Waals surface area (Å²) in [6.45, 7) is 4.27. The van der Waals surface area contributed by atoms with E-state index in [-0.39, 0.29) is 17.4 Å². The van der Waals surface area contributed by atoms with Gasteiger partial charge in [0.1, 0.15) is 11.6 Å². The minimum absolute atomic E-state index is 0.241. The van der Waals surface area contributed by atoms with Crippen LogP contribution in [0.2, 0.25) is 0 Å². The third kappa shape index (κ3) is 2.57. The van der Waals surface area contributed by atoms with Crippen molar-refractivity contribution >= 4 is 11.0 Å². The van der Waals surface area contributed by atoms with Crippen molar-refractivity contribution in [1.82, 2.24) is 9.55 Å².